The molecular weight excluding hydrogens is 325 g/mol. The molecule has 2 N–H and O–H groups in total. The molecule has 3 unspecified atom stereocenters. The smallest absolute Gasteiger partial charge is 0.275 e. The first-order chi connectivity index (χ1) is 10.0. The van der Waals surface area contributed by atoms with Crippen molar-refractivity contribution in [1.82, 2.24) is 4.90 Å². The SMILES string of the molecule is Cl.NC1CCCC2CN(Cc3ccc(Cl)cc3[N+](=O)[O-])CC12. The van der Waals surface area contributed by atoms with Crippen LogP contribution < -0.4 is 5.73 Å². The van der Waals surface area contributed by atoms with Gasteiger partial charge in [-0.15, -0.1) is 12.4 Å². The van der Waals surface area contributed by atoms with Crippen molar-refractivity contribution in [1.29, 1.82) is 0 Å². The molecule has 1 saturated heterocycles. The normalized spacial score (nSPS) is 28.0. The van der Waals surface area contributed by atoms with Gasteiger partial charge in [0.15, 0.2) is 0 Å². The number of fused-ring (bicyclic) bond motifs is 1. The number of rotatable bonds is 3. The average Bonchev–Trinajstić information content (AvgIpc) is 2.85. The molecule has 1 heterocycles. The summed E-state index contributed by atoms with van der Waals surface area (Å²) in [5.74, 6) is 1.20. The first-order valence-electron chi connectivity index (χ1n) is 7.45. The lowest BCUT2D eigenvalue weighted by Gasteiger charge is -2.29. The summed E-state index contributed by atoms with van der Waals surface area (Å²) in [7, 11) is 0. The Hall–Kier alpha value is -0.880. The number of nitro groups is 1. The predicted octanol–water partition coefficient (Wildman–Crippen LogP) is 3.23. The molecule has 122 valence electrons. The lowest BCUT2D eigenvalue weighted by molar-refractivity contribution is -0.385. The molecule has 3 atom stereocenters. The van der Waals surface area contributed by atoms with Crippen LogP contribution in [0.25, 0.3) is 0 Å². The minimum absolute atomic E-state index is 0. The monoisotopic (exact) mass is 345 g/mol. The van der Waals surface area contributed by atoms with E-state index < -0.39 is 0 Å². The van der Waals surface area contributed by atoms with Crippen molar-refractivity contribution in [3.05, 3.63) is 38.9 Å². The van der Waals surface area contributed by atoms with E-state index in [-0.39, 0.29) is 29.1 Å². The van der Waals surface area contributed by atoms with Crippen molar-refractivity contribution in [2.45, 2.75) is 31.8 Å². The van der Waals surface area contributed by atoms with Gasteiger partial charge in [0.1, 0.15) is 0 Å². The summed E-state index contributed by atoms with van der Waals surface area (Å²) in [4.78, 5) is 13.1. The van der Waals surface area contributed by atoms with Crippen LogP contribution in [0, 0.1) is 22.0 Å². The summed E-state index contributed by atoms with van der Waals surface area (Å²) in [6, 6.07) is 5.21. The first kappa shape index (κ1) is 17.5. The molecular formula is C15H21Cl2N3O2. The highest BCUT2D eigenvalue weighted by atomic mass is 35.5. The van der Waals surface area contributed by atoms with Gasteiger partial charge in [-0.2, -0.15) is 0 Å². The van der Waals surface area contributed by atoms with Gasteiger partial charge in [-0.1, -0.05) is 18.0 Å². The van der Waals surface area contributed by atoms with Crippen LogP contribution in [-0.2, 0) is 6.54 Å². The second kappa shape index (κ2) is 7.13. The van der Waals surface area contributed by atoms with Gasteiger partial charge in [0, 0.05) is 42.3 Å². The number of nitrogens with zero attached hydrogens (tertiary/aromatic N) is 2. The highest BCUT2D eigenvalue weighted by Gasteiger charge is 2.38. The Morgan fingerprint density at radius 3 is 2.82 bits per heavy atom. The fourth-order valence-corrected chi connectivity index (χ4v) is 3.99. The van der Waals surface area contributed by atoms with Crippen LogP contribution in [0.15, 0.2) is 18.2 Å². The average molecular weight is 346 g/mol. The van der Waals surface area contributed by atoms with E-state index >= 15 is 0 Å². The van der Waals surface area contributed by atoms with Crippen LogP contribution in [0.5, 0.6) is 0 Å². The Morgan fingerprint density at radius 2 is 2.14 bits per heavy atom. The number of hydrogen-bond donors (Lipinski definition) is 1. The van der Waals surface area contributed by atoms with Crippen molar-refractivity contribution in [3.63, 3.8) is 0 Å². The number of halogens is 2. The molecule has 22 heavy (non-hydrogen) atoms. The zero-order valence-corrected chi connectivity index (χ0v) is 13.9. The van der Waals surface area contributed by atoms with Crippen molar-refractivity contribution >= 4 is 29.7 Å². The molecule has 0 radical (unpaired) electrons. The summed E-state index contributed by atoms with van der Waals surface area (Å²) in [5.41, 5.74) is 7.07. The molecule has 0 amide bonds. The second-order valence-corrected chi connectivity index (χ2v) is 6.68. The lowest BCUT2D eigenvalue weighted by Crippen LogP contribution is -2.38. The topological polar surface area (TPSA) is 72.4 Å². The number of nitro benzene ring substituents is 1. The minimum Gasteiger partial charge on any atom is -0.327 e. The van der Waals surface area contributed by atoms with Gasteiger partial charge >= 0.3 is 0 Å². The highest BCUT2D eigenvalue weighted by molar-refractivity contribution is 6.30. The zero-order chi connectivity index (χ0) is 15.0. The van der Waals surface area contributed by atoms with E-state index in [4.69, 9.17) is 17.3 Å². The maximum Gasteiger partial charge on any atom is 0.275 e. The third-order valence-electron chi connectivity index (χ3n) is 4.87. The maximum atomic E-state index is 11.2. The molecule has 7 heteroatoms. The van der Waals surface area contributed by atoms with Crippen molar-refractivity contribution in [2.24, 2.45) is 17.6 Å². The van der Waals surface area contributed by atoms with Crippen LogP contribution in [0.3, 0.4) is 0 Å². The third kappa shape index (κ3) is 3.54. The molecule has 1 aromatic rings. The Balaban J connectivity index is 0.00000176. The highest BCUT2D eigenvalue weighted by Crippen LogP contribution is 2.36. The molecule has 2 aliphatic rings. The van der Waals surface area contributed by atoms with E-state index in [1.165, 1.54) is 18.9 Å². The lowest BCUT2D eigenvalue weighted by atomic mass is 9.78. The molecule has 1 aliphatic carbocycles. The predicted molar refractivity (Wildman–Crippen MR) is 89.4 cm³/mol. The fourth-order valence-electron chi connectivity index (χ4n) is 3.82. The Kier molecular flexibility index (Phi) is 5.66. The van der Waals surface area contributed by atoms with Crippen LogP contribution in [0.4, 0.5) is 5.69 Å². The molecule has 0 bridgehead atoms. The molecule has 0 spiro atoms. The van der Waals surface area contributed by atoms with Gasteiger partial charge in [0.25, 0.3) is 5.69 Å². The Morgan fingerprint density at radius 1 is 1.36 bits per heavy atom. The summed E-state index contributed by atoms with van der Waals surface area (Å²) in [6.07, 6.45) is 3.55. The van der Waals surface area contributed by atoms with Gasteiger partial charge in [-0.3, -0.25) is 15.0 Å². The largest absolute Gasteiger partial charge is 0.327 e. The summed E-state index contributed by atoms with van der Waals surface area (Å²) >= 11 is 5.86. The van der Waals surface area contributed by atoms with E-state index in [0.717, 1.165) is 25.1 Å². The van der Waals surface area contributed by atoms with Gasteiger partial charge in [0.05, 0.1) is 4.92 Å². The molecule has 1 aromatic carbocycles. The molecule has 3 rings (SSSR count). The van der Waals surface area contributed by atoms with Crippen LogP contribution in [-0.4, -0.2) is 29.0 Å². The summed E-state index contributed by atoms with van der Waals surface area (Å²) in [6.45, 7) is 2.55. The zero-order valence-electron chi connectivity index (χ0n) is 12.3. The van der Waals surface area contributed by atoms with Crippen molar-refractivity contribution < 1.29 is 4.92 Å². The minimum atomic E-state index is -0.351. The molecule has 1 aliphatic heterocycles. The van der Waals surface area contributed by atoms with E-state index in [0.29, 0.717) is 23.4 Å². The number of likely N-dealkylation sites (tertiary alicyclic amines) is 1. The number of hydrogen-bond acceptors (Lipinski definition) is 4. The van der Waals surface area contributed by atoms with E-state index in [1.807, 2.05) is 0 Å². The Bertz CT molecular complexity index is 556. The Labute approximate surface area is 141 Å². The van der Waals surface area contributed by atoms with Crippen molar-refractivity contribution in [2.75, 3.05) is 13.1 Å². The molecule has 0 aromatic heterocycles. The van der Waals surface area contributed by atoms with Crippen LogP contribution in [0.2, 0.25) is 5.02 Å². The third-order valence-corrected chi connectivity index (χ3v) is 5.10. The van der Waals surface area contributed by atoms with Gasteiger partial charge in [-0.25, -0.2) is 0 Å². The summed E-state index contributed by atoms with van der Waals surface area (Å²) in [5, 5.41) is 11.6. The van der Waals surface area contributed by atoms with Gasteiger partial charge < -0.3 is 5.73 Å². The van der Waals surface area contributed by atoms with E-state index in [2.05, 4.69) is 4.90 Å². The standard InChI is InChI=1S/C15H20ClN3O2.ClH/c16-12-5-4-11(15(6-12)19(20)21)8-18-7-10-2-1-3-14(17)13(10)9-18;/h4-6,10,13-14H,1-3,7-9,17H2;1H. The first-order valence-corrected chi connectivity index (χ1v) is 7.83. The molecule has 1 saturated carbocycles. The van der Waals surface area contributed by atoms with Crippen LogP contribution in [0.1, 0.15) is 24.8 Å². The van der Waals surface area contributed by atoms with Gasteiger partial charge in [-0.05, 0) is 36.8 Å². The van der Waals surface area contributed by atoms with Crippen LogP contribution >= 0.6 is 24.0 Å². The van der Waals surface area contributed by atoms with Gasteiger partial charge in [0.2, 0.25) is 0 Å². The molecule has 5 nitrogen and oxygen atoms in total. The number of nitrogens with two attached hydrogens (primary N) is 1. The molecule has 2 fully saturated rings. The number of benzene rings is 1. The van der Waals surface area contributed by atoms with E-state index in [9.17, 15) is 10.1 Å². The van der Waals surface area contributed by atoms with Crippen molar-refractivity contribution in [3.8, 4) is 0 Å². The quantitative estimate of drug-likeness (QED) is 0.674. The second-order valence-electron chi connectivity index (χ2n) is 6.24. The summed E-state index contributed by atoms with van der Waals surface area (Å²) < 4.78 is 0. The maximum absolute atomic E-state index is 11.2. The fraction of sp³-hybridized carbons (Fsp3) is 0.600. The van der Waals surface area contributed by atoms with E-state index in [1.54, 1.807) is 12.1 Å².